The summed E-state index contributed by atoms with van der Waals surface area (Å²) in [7, 11) is 0. The number of rotatable bonds is 5. The first-order valence-corrected chi connectivity index (χ1v) is 4.86. The Morgan fingerprint density at radius 1 is 1.50 bits per heavy atom. The molecule has 10 heteroatoms. The number of alkyl halides is 2. The molecule has 0 bridgehead atoms. The van der Waals surface area contributed by atoms with Crippen LogP contribution in [0.25, 0.3) is 0 Å². The third kappa shape index (κ3) is 3.15. The van der Waals surface area contributed by atoms with Crippen LogP contribution in [0.4, 0.5) is 14.5 Å². The van der Waals surface area contributed by atoms with E-state index in [1.807, 2.05) is 0 Å². The largest absolute Gasteiger partial charge is 0.479 e. The molecule has 0 aliphatic heterocycles. The lowest BCUT2D eigenvalue weighted by Gasteiger charge is -2.11. The highest BCUT2D eigenvalue weighted by molar-refractivity contribution is 5.77. The lowest BCUT2D eigenvalue weighted by Crippen LogP contribution is -2.14. The summed E-state index contributed by atoms with van der Waals surface area (Å²) in [5, 5.41) is 37.5. The van der Waals surface area contributed by atoms with Crippen LogP contribution in [0.15, 0.2) is 12.1 Å². The number of nitro groups is 1. The van der Waals surface area contributed by atoms with Crippen LogP contribution in [-0.2, 0) is 4.79 Å². The van der Waals surface area contributed by atoms with Crippen molar-refractivity contribution in [3.05, 3.63) is 33.4 Å². The third-order valence-electron chi connectivity index (χ3n) is 2.16. The van der Waals surface area contributed by atoms with Crippen LogP contribution in [0, 0.1) is 21.4 Å². The number of carbonyl (C=O) groups is 1. The van der Waals surface area contributed by atoms with Crippen molar-refractivity contribution in [3.63, 3.8) is 0 Å². The lowest BCUT2D eigenvalue weighted by atomic mass is 10.0. The Morgan fingerprint density at radius 2 is 2.10 bits per heavy atom. The highest BCUT2D eigenvalue weighted by Crippen LogP contribution is 2.37. The first kappa shape index (κ1) is 15.3. The molecule has 0 saturated heterocycles. The van der Waals surface area contributed by atoms with Gasteiger partial charge >= 0.3 is 18.3 Å². The predicted molar refractivity (Wildman–Crippen MR) is 57.0 cm³/mol. The number of aliphatic hydroxyl groups excluding tert-OH is 1. The molecule has 1 aromatic rings. The molecule has 2 N–H and O–H groups in total. The number of hydrogen-bond donors (Lipinski definition) is 2. The zero-order chi connectivity index (χ0) is 15.4. The number of ether oxygens (including phenoxy) is 1. The molecule has 0 fully saturated rings. The number of nitro benzene ring substituents is 1. The van der Waals surface area contributed by atoms with Crippen LogP contribution in [0.2, 0.25) is 0 Å². The Labute approximate surface area is 109 Å². The van der Waals surface area contributed by atoms with Gasteiger partial charge in [0.05, 0.1) is 22.1 Å². The van der Waals surface area contributed by atoms with Gasteiger partial charge in [-0.25, -0.2) is 4.79 Å². The van der Waals surface area contributed by atoms with E-state index in [1.54, 1.807) is 0 Å². The van der Waals surface area contributed by atoms with Crippen molar-refractivity contribution in [2.24, 2.45) is 0 Å². The number of carboxylic acid groups (broad SMARTS) is 1. The minimum atomic E-state index is -3.42. The maximum absolute atomic E-state index is 12.2. The van der Waals surface area contributed by atoms with Crippen molar-refractivity contribution >= 4 is 11.7 Å². The van der Waals surface area contributed by atoms with Crippen molar-refractivity contribution in [2.45, 2.75) is 12.7 Å². The summed E-state index contributed by atoms with van der Waals surface area (Å²) in [4.78, 5) is 20.3. The molecule has 0 heterocycles. The van der Waals surface area contributed by atoms with Crippen LogP contribution < -0.4 is 4.74 Å². The fourth-order valence-electron chi connectivity index (χ4n) is 1.42. The average Bonchev–Trinajstić information content (AvgIpc) is 2.35. The fourth-order valence-corrected chi connectivity index (χ4v) is 1.42. The molecule has 1 unspecified atom stereocenters. The van der Waals surface area contributed by atoms with Gasteiger partial charge in [0.2, 0.25) is 5.75 Å². The third-order valence-corrected chi connectivity index (χ3v) is 2.16. The van der Waals surface area contributed by atoms with Gasteiger partial charge in [-0.1, -0.05) is 0 Å². The smallest absolute Gasteiger partial charge is 0.387 e. The van der Waals surface area contributed by atoms with E-state index in [0.717, 1.165) is 6.07 Å². The zero-order valence-corrected chi connectivity index (χ0v) is 9.49. The van der Waals surface area contributed by atoms with E-state index in [9.17, 15) is 28.8 Å². The van der Waals surface area contributed by atoms with Crippen LogP contribution in [0.1, 0.15) is 17.2 Å². The number of nitriles is 1. The standard InChI is InChI=1S/C10H6F2N2O6/c11-10(12)20-6-2-4(3-13)1-5(7(6)14(18)19)8(15)9(16)17/h1-2,8,10,15H,(H,16,17). The summed E-state index contributed by atoms with van der Waals surface area (Å²) in [6, 6.07) is 2.86. The summed E-state index contributed by atoms with van der Waals surface area (Å²) in [5.41, 5.74) is -2.34. The summed E-state index contributed by atoms with van der Waals surface area (Å²) >= 11 is 0. The molecule has 0 radical (unpaired) electrons. The van der Waals surface area contributed by atoms with Crippen molar-refractivity contribution < 1.29 is 33.4 Å². The van der Waals surface area contributed by atoms with Crippen molar-refractivity contribution in [3.8, 4) is 11.8 Å². The zero-order valence-electron chi connectivity index (χ0n) is 9.49. The number of nitrogens with zero attached hydrogens (tertiary/aromatic N) is 2. The Kier molecular flexibility index (Phi) is 4.50. The summed E-state index contributed by atoms with van der Waals surface area (Å²) < 4.78 is 28.3. The van der Waals surface area contributed by atoms with Crippen LogP contribution in [0.3, 0.4) is 0 Å². The Hall–Kier alpha value is -2.80. The van der Waals surface area contributed by atoms with Gasteiger partial charge < -0.3 is 14.9 Å². The second kappa shape index (κ2) is 5.89. The number of hydrogen-bond acceptors (Lipinski definition) is 6. The maximum atomic E-state index is 12.2. The molecular formula is C10H6F2N2O6. The van der Waals surface area contributed by atoms with Crippen molar-refractivity contribution in [1.82, 2.24) is 0 Å². The fraction of sp³-hybridized carbons (Fsp3) is 0.200. The molecule has 0 aliphatic carbocycles. The molecule has 1 aromatic carbocycles. The van der Waals surface area contributed by atoms with E-state index >= 15 is 0 Å². The summed E-state index contributed by atoms with van der Waals surface area (Å²) in [6.07, 6.45) is -2.36. The molecular weight excluding hydrogens is 282 g/mol. The number of benzene rings is 1. The van der Waals surface area contributed by atoms with E-state index in [2.05, 4.69) is 4.74 Å². The first-order valence-electron chi connectivity index (χ1n) is 4.86. The molecule has 20 heavy (non-hydrogen) atoms. The SMILES string of the molecule is N#Cc1cc(OC(F)F)c([N+](=O)[O-])c(C(O)C(=O)O)c1. The van der Waals surface area contributed by atoms with E-state index in [4.69, 9.17) is 10.4 Å². The Morgan fingerprint density at radius 3 is 2.50 bits per heavy atom. The van der Waals surface area contributed by atoms with Gasteiger partial charge in [-0.3, -0.25) is 10.1 Å². The average molecular weight is 288 g/mol. The molecule has 1 rings (SSSR count). The first-order chi connectivity index (χ1) is 9.27. The Bertz CT molecular complexity index is 598. The van der Waals surface area contributed by atoms with Crippen molar-refractivity contribution in [1.29, 1.82) is 5.26 Å². The maximum Gasteiger partial charge on any atom is 0.387 e. The molecule has 106 valence electrons. The van der Waals surface area contributed by atoms with Gasteiger partial charge in [0.1, 0.15) is 0 Å². The van der Waals surface area contributed by atoms with E-state index in [-0.39, 0.29) is 5.56 Å². The molecule has 0 spiro atoms. The minimum Gasteiger partial charge on any atom is -0.479 e. The lowest BCUT2D eigenvalue weighted by molar-refractivity contribution is -0.387. The van der Waals surface area contributed by atoms with Crippen LogP contribution in [-0.4, -0.2) is 27.7 Å². The topological polar surface area (TPSA) is 134 Å². The van der Waals surface area contributed by atoms with Crippen molar-refractivity contribution in [2.75, 3.05) is 0 Å². The Balaban J connectivity index is 3.58. The molecule has 1 atom stereocenters. The normalized spacial score (nSPS) is 11.8. The predicted octanol–water partition coefficient (Wildman–Crippen LogP) is 1.19. The van der Waals surface area contributed by atoms with Crippen LogP contribution in [0.5, 0.6) is 5.75 Å². The molecule has 0 aliphatic rings. The van der Waals surface area contributed by atoms with Crippen LogP contribution >= 0.6 is 0 Å². The van der Waals surface area contributed by atoms with Gasteiger partial charge in [-0.15, -0.1) is 0 Å². The van der Waals surface area contributed by atoms with E-state index in [1.165, 1.54) is 6.07 Å². The quantitative estimate of drug-likeness (QED) is 0.613. The number of aliphatic hydroxyl groups is 1. The van der Waals surface area contributed by atoms with Gasteiger partial charge in [-0.2, -0.15) is 14.0 Å². The highest BCUT2D eigenvalue weighted by Gasteiger charge is 2.31. The molecule has 0 amide bonds. The monoisotopic (exact) mass is 288 g/mol. The second-order valence-corrected chi connectivity index (χ2v) is 3.40. The second-order valence-electron chi connectivity index (χ2n) is 3.40. The minimum absolute atomic E-state index is 0.374. The number of aliphatic carboxylic acids is 1. The molecule has 0 saturated carbocycles. The van der Waals surface area contributed by atoms with Gasteiger partial charge in [-0.05, 0) is 6.07 Å². The van der Waals surface area contributed by atoms with Gasteiger partial charge in [0.15, 0.2) is 6.10 Å². The number of halogens is 2. The van der Waals surface area contributed by atoms with E-state index < -0.39 is 40.6 Å². The summed E-state index contributed by atoms with van der Waals surface area (Å²) in [5.74, 6) is -2.84. The van der Waals surface area contributed by atoms with Gasteiger partial charge in [0, 0.05) is 6.07 Å². The highest BCUT2D eigenvalue weighted by atomic mass is 19.3. The summed E-state index contributed by atoms with van der Waals surface area (Å²) in [6.45, 7) is -3.42. The molecule has 8 nitrogen and oxygen atoms in total. The van der Waals surface area contributed by atoms with E-state index in [0.29, 0.717) is 6.07 Å². The number of carboxylic acids is 1. The molecule has 0 aromatic heterocycles. The van der Waals surface area contributed by atoms with Gasteiger partial charge in [0.25, 0.3) is 0 Å².